The van der Waals surface area contributed by atoms with Crippen LogP contribution in [0, 0.1) is 17.0 Å². The van der Waals surface area contributed by atoms with Gasteiger partial charge < -0.3 is 24.9 Å². The molecule has 2 amide bonds. The Hall–Kier alpha value is -5.52. The number of benzene rings is 3. The van der Waals surface area contributed by atoms with Crippen LogP contribution >= 0.6 is 0 Å². The molecule has 3 aromatic carbocycles. The minimum atomic E-state index is -0.958. The third-order valence-corrected chi connectivity index (χ3v) is 5.75. The zero-order valence-electron chi connectivity index (χ0n) is 21.1. The second-order valence-electron chi connectivity index (χ2n) is 8.26. The lowest BCUT2D eigenvalue weighted by Gasteiger charge is -2.10. The number of hydrogen-bond acceptors (Lipinski definition) is 8. The second-order valence-corrected chi connectivity index (χ2v) is 8.26. The number of nitrogens with zero attached hydrogens (tertiary/aromatic N) is 3. The van der Waals surface area contributed by atoms with Crippen molar-refractivity contribution in [1.29, 1.82) is 0 Å². The number of methoxy groups -OCH3 is 2. The first-order valence-corrected chi connectivity index (χ1v) is 11.5. The van der Waals surface area contributed by atoms with Gasteiger partial charge >= 0.3 is 5.91 Å². The Kier molecular flexibility index (Phi) is 7.66. The number of aromatic nitrogens is 1. The number of non-ortho nitro benzene ring substituents is 1. The van der Waals surface area contributed by atoms with Gasteiger partial charge in [0.25, 0.3) is 11.6 Å². The largest absolute Gasteiger partial charge is 0.497 e. The number of carbonyl (C=O) groups excluding carboxylic acids is 2. The predicted molar refractivity (Wildman–Crippen MR) is 142 cm³/mol. The van der Waals surface area contributed by atoms with Crippen molar-refractivity contribution < 1.29 is 29.1 Å². The van der Waals surface area contributed by atoms with Crippen molar-refractivity contribution in [2.24, 2.45) is 10.2 Å². The minimum absolute atomic E-state index is 0.169. The number of amides is 2. The van der Waals surface area contributed by atoms with E-state index in [-0.39, 0.29) is 22.5 Å². The number of aromatic amines is 1. The van der Waals surface area contributed by atoms with E-state index in [1.54, 1.807) is 55.5 Å². The maximum absolute atomic E-state index is 13.2. The number of nitro benzene ring substituents is 1. The molecule has 4 rings (SSSR count). The summed E-state index contributed by atoms with van der Waals surface area (Å²) < 4.78 is 10.6. The molecule has 0 unspecified atom stereocenters. The lowest BCUT2D eigenvalue weighted by atomic mass is 10.1. The van der Waals surface area contributed by atoms with Gasteiger partial charge in [-0.15, -0.1) is 10.2 Å². The van der Waals surface area contributed by atoms with Crippen LogP contribution in [0.5, 0.6) is 17.4 Å². The molecule has 12 heteroatoms. The van der Waals surface area contributed by atoms with E-state index in [2.05, 4.69) is 20.5 Å². The third-order valence-electron chi connectivity index (χ3n) is 5.75. The van der Waals surface area contributed by atoms with Crippen LogP contribution in [0.15, 0.2) is 76.6 Å². The van der Waals surface area contributed by atoms with Crippen LogP contribution in [0.3, 0.4) is 0 Å². The van der Waals surface area contributed by atoms with E-state index in [1.165, 1.54) is 32.4 Å². The Balaban J connectivity index is 1.77. The summed E-state index contributed by atoms with van der Waals surface area (Å²) in [5.74, 6) is -1.10. The van der Waals surface area contributed by atoms with Crippen LogP contribution < -0.4 is 14.8 Å². The highest BCUT2D eigenvalue weighted by Crippen LogP contribution is 2.39. The topological polar surface area (TPSA) is 169 Å². The quantitative estimate of drug-likeness (QED) is 0.122. The smallest absolute Gasteiger partial charge is 0.311 e. The molecule has 0 atom stereocenters. The number of rotatable bonds is 8. The number of carbonyl (C=O) groups is 2. The summed E-state index contributed by atoms with van der Waals surface area (Å²) in [5.41, 5.74) is 0.950. The Morgan fingerprint density at radius 2 is 1.82 bits per heavy atom. The van der Waals surface area contributed by atoms with Gasteiger partial charge in [0.2, 0.25) is 5.88 Å². The van der Waals surface area contributed by atoms with Gasteiger partial charge in [-0.1, -0.05) is 18.2 Å². The van der Waals surface area contributed by atoms with Crippen LogP contribution in [0.1, 0.15) is 21.5 Å². The van der Waals surface area contributed by atoms with Crippen LogP contribution in [0.2, 0.25) is 0 Å². The van der Waals surface area contributed by atoms with E-state index in [9.17, 15) is 24.8 Å². The number of aryl methyl sites for hydroxylation is 1. The van der Waals surface area contributed by atoms with Crippen molar-refractivity contribution in [2.75, 3.05) is 14.2 Å². The minimum Gasteiger partial charge on any atom is -0.497 e. The maximum atomic E-state index is 13.2. The predicted octanol–water partition coefficient (Wildman–Crippen LogP) is 5.19. The Morgan fingerprint density at radius 3 is 2.49 bits per heavy atom. The van der Waals surface area contributed by atoms with Crippen molar-refractivity contribution in [1.82, 2.24) is 10.3 Å². The monoisotopic (exact) mass is 529 g/mol. The SMILES string of the molecule is COc1ccc(OC)c(C=C(NC(=O)c2ccccc2)C(=O)N=Nc2c(O)[nH]c3c(C)cc([N+](=O)[O-])cc23)c1. The van der Waals surface area contributed by atoms with Gasteiger partial charge in [-0.25, -0.2) is 0 Å². The molecule has 0 bridgehead atoms. The lowest BCUT2D eigenvalue weighted by molar-refractivity contribution is -0.384. The van der Waals surface area contributed by atoms with E-state index < -0.39 is 22.6 Å². The summed E-state index contributed by atoms with van der Waals surface area (Å²) in [6.07, 6.45) is 1.35. The molecule has 3 N–H and O–H groups in total. The molecule has 0 saturated carbocycles. The molecular weight excluding hydrogens is 506 g/mol. The molecule has 0 aliphatic carbocycles. The number of nitrogens with one attached hydrogen (secondary N) is 2. The van der Waals surface area contributed by atoms with Crippen LogP contribution in [-0.2, 0) is 4.79 Å². The molecule has 0 spiro atoms. The van der Waals surface area contributed by atoms with Gasteiger partial charge in [0.15, 0.2) is 5.69 Å². The number of hydrogen-bond donors (Lipinski definition) is 3. The van der Waals surface area contributed by atoms with Crippen molar-refractivity contribution in [3.05, 3.63) is 93.2 Å². The number of H-pyrrole nitrogens is 1. The van der Waals surface area contributed by atoms with Crippen molar-refractivity contribution in [3.8, 4) is 17.4 Å². The molecule has 0 radical (unpaired) electrons. The molecule has 0 aliphatic heterocycles. The Bertz CT molecular complexity index is 1640. The van der Waals surface area contributed by atoms with E-state index in [4.69, 9.17) is 9.47 Å². The van der Waals surface area contributed by atoms with Crippen molar-refractivity contribution in [2.45, 2.75) is 6.92 Å². The molecule has 0 aliphatic rings. The summed E-state index contributed by atoms with van der Waals surface area (Å²) >= 11 is 0. The van der Waals surface area contributed by atoms with Gasteiger partial charge in [-0.05, 0) is 48.9 Å². The van der Waals surface area contributed by atoms with Crippen LogP contribution in [-0.4, -0.2) is 41.0 Å². The number of nitro groups is 1. The number of fused-ring (bicyclic) bond motifs is 1. The highest BCUT2D eigenvalue weighted by molar-refractivity contribution is 6.06. The average molecular weight is 530 g/mol. The molecule has 12 nitrogen and oxygen atoms in total. The molecule has 0 fully saturated rings. The first kappa shape index (κ1) is 26.5. The molecule has 198 valence electrons. The summed E-state index contributed by atoms with van der Waals surface area (Å²) in [6.45, 7) is 1.62. The summed E-state index contributed by atoms with van der Waals surface area (Å²) in [7, 11) is 2.93. The summed E-state index contributed by atoms with van der Waals surface area (Å²) in [5, 5.41) is 32.0. The van der Waals surface area contributed by atoms with Gasteiger partial charge in [0, 0.05) is 28.6 Å². The molecule has 0 saturated heterocycles. The van der Waals surface area contributed by atoms with E-state index in [1.807, 2.05) is 0 Å². The van der Waals surface area contributed by atoms with E-state index in [0.717, 1.165) is 0 Å². The number of aromatic hydroxyl groups is 1. The van der Waals surface area contributed by atoms with Gasteiger partial charge in [0.1, 0.15) is 17.2 Å². The van der Waals surface area contributed by atoms with Gasteiger partial charge in [-0.2, -0.15) is 0 Å². The average Bonchev–Trinajstić information content (AvgIpc) is 3.26. The van der Waals surface area contributed by atoms with E-state index in [0.29, 0.717) is 33.7 Å². The fraction of sp³-hybridized carbons (Fsp3) is 0.111. The lowest BCUT2D eigenvalue weighted by Crippen LogP contribution is -2.26. The molecule has 39 heavy (non-hydrogen) atoms. The maximum Gasteiger partial charge on any atom is 0.311 e. The Morgan fingerprint density at radius 1 is 1.08 bits per heavy atom. The standard InChI is InChI=1S/C27H23N5O7/c1-15-11-18(32(36)37)14-20-23(15)29-27(35)24(20)30-31-26(34)21(28-25(33)16-7-5-4-6-8-16)13-17-12-19(38-2)9-10-22(17)39-3/h4-14,29,35H,1-3H3,(H,28,33). The Labute approximate surface area is 221 Å². The van der Waals surface area contributed by atoms with Crippen molar-refractivity contribution >= 4 is 40.2 Å². The normalized spacial score (nSPS) is 11.5. The van der Waals surface area contributed by atoms with Gasteiger partial charge in [0.05, 0.1) is 24.7 Å². The fourth-order valence-corrected chi connectivity index (χ4v) is 3.82. The highest BCUT2D eigenvalue weighted by Gasteiger charge is 2.20. The third kappa shape index (κ3) is 5.74. The summed E-state index contributed by atoms with van der Waals surface area (Å²) in [6, 6.07) is 15.7. The molecule has 1 aromatic heterocycles. The van der Waals surface area contributed by atoms with Crippen LogP contribution in [0.4, 0.5) is 11.4 Å². The van der Waals surface area contributed by atoms with Crippen molar-refractivity contribution in [3.63, 3.8) is 0 Å². The second kappa shape index (κ2) is 11.3. The first-order valence-electron chi connectivity index (χ1n) is 11.5. The molecule has 1 heterocycles. The van der Waals surface area contributed by atoms with Crippen LogP contribution in [0.25, 0.3) is 17.0 Å². The number of azo groups is 1. The highest BCUT2D eigenvalue weighted by atomic mass is 16.6. The number of ether oxygens (including phenoxy) is 2. The first-order chi connectivity index (χ1) is 18.7. The zero-order chi connectivity index (χ0) is 28.1. The fourth-order valence-electron chi connectivity index (χ4n) is 3.82. The molecular formula is C27H23N5O7. The zero-order valence-corrected chi connectivity index (χ0v) is 21.1. The molecule has 4 aromatic rings. The summed E-state index contributed by atoms with van der Waals surface area (Å²) in [4.78, 5) is 39.6. The van der Waals surface area contributed by atoms with E-state index >= 15 is 0 Å². The van der Waals surface area contributed by atoms with Gasteiger partial charge in [-0.3, -0.25) is 19.7 Å².